The van der Waals surface area contributed by atoms with E-state index in [1.54, 1.807) is 6.20 Å². The Hall–Kier alpha value is -1.39. The number of hydrogen-bond donors (Lipinski definition) is 0. The molecule has 5 heteroatoms. The van der Waals surface area contributed by atoms with Crippen LogP contribution in [0, 0.1) is 6.92 Å². The van der Waals surface area contributed by atoms with Gasteiger partial charge in [0.1, 0.15) is 11.3 Å². The maximum atomic E-state index is 6.02. The molecule has 0 N–H and O–H groups in total. The normalized spacial score (nSPS) is 11.1. The quantitative estimate of drug-likeness (QED) is 0.656. The third-order valence-electron chi connectivity index (χ3n) is 3.02. The van der Waals surface area contributed by atoms with E-state index in [-0.39, 0.29) is 0 Å². The van der Waals surface area contributed by atoms with Gasteiger partial charge in [0.2, 0.25) is 0 Å². The molecule has 0 amide bonds. The predicted octanol–water partition coefficient (Wildman–Crippen LogP) is 4.23. The van der Waals surface area contributed by atoms with E-state index in [9.17, 15) is 0 Å². The Morgan fingerprint density at radius 3 is 2.89 bits per heavy atom. The molecule has 0 fully saturated rings. The van der Waals surface area contributed by atoms with Crippen molar-refractivity contribution in [1.82, 2.24) is 14.5 Å². The van der Waals surface area contributed by atoms with Gasteiger partial charge in [-0.05, 0) is 46.6 Å². The van der Waals surface area contributed by atoms with Crippen molar-refractivity contribution in [3.63, 3.8) is 0 Å². The molecule has 0 bridgehead atoms. The van der Waals surface area contributed by atoms with Crippen molar-refractivity contribution in [2.24, 2.45) is 0 Å². The van der Waals surface area contributed by atoms with Gasteiger partial charge in [-0.1, -0.05) is 12.1 Å². The SMILES string of the molecule is Cc1cccc(-n2c(CCl)nc3cccnc32)c1Br. The highest BCUT2D eigenvalue weighted by Crippen LogP contribution is 2.29. The summed E-state index contributed by atoms with van der Waals surface area (Å²) in [5, 5.41) is 0. The lowest BCUT2D eigenvalue weighted by atomic mass is 10.2. The molecule has 3 rings (SSSR count). The molecular formula is C14H11BrClN3. The van der Waals surface area contributed by atoms with Crippen molar-refractivity contribution in [2.75, 3.05) is 0 Å². The molecule has 2 heterocycles. The molecule has 19 heavy (non-hydrogen) atoms. The van der Waals surface area contributed by atoms with Crippen molar-refractivity contribution in [2.45, 2.75) is 12.8 Å². The number of pyridine rings is 1. The number of hydrogen-bond acceptors (Lipinski definition) is 2. The monoisotopic (exact) mass is 335 g/mol. The largest absolute Gasteiger partial charge is 0.279 e. The predicted molar refractivity (Wildman–Crippen MR) is 80.9 cm³/mol. The van der Waals surface area contributed by atoms with Crippen LogP contribution < -0.4 is 0 Å². The number of halogens is 2. The van der Waals surface area contributed by atoms with Crippen molar-refractivity contribution in [3.8, 4) is 5.69 Å². The molecule has 0 aliphatic heterocycles. The fourth-order valence-corrected chi connectivity index (χ4v) is 2.73. The van der Waals surface area contributed by atoms with Gasteiger partial charge >= 0.3 is 0 Å². The molecule has 0 spiro atoms. The van der Waals surface area contributed by atoms with Crippen LogP contribution >= 0.6 is 27.5 Å². The van der Waals surface area contributed by atoms with Crippen LogP contribution in [0.3, 0.4) is 0 Å². The molecule has 1 aromatic carbocycles. The first-order chi connectivity index (χ1) is 9.22. The van der Waals surface area contributed by atoms with Gasteiger partial charge in [-0.15, -0.1) is 11.6 Å². The first kappa shape index (κ1) is 12.6. The van der Waals surface area contributed by atoms with Gasteiger partial charge in [0.15, 0.2) is 5.65 Å². The molecule has 3 aromatic rings. The van der Waals surface area contributed by atoms with E-state index in [4.69, 9.17) is 11.6 Å². The Kier molecular flexibility index (Phi) is 3.29. The maximum Gasteiger partial charge on any atom is 0.164 e. The Morgan fingerprint density at radius 1 is 1.26 bits per heavy atom. The molecule has 3 nitrogen and oxygen atoms in total. The number of benzene rings is 1. The van der Waals surface area contributed by atoms with Crippen molar-refractivity contribution in [1.29, 1.82) is 0 Å². The van der Waals surface area contributed by atoms with Gasteiger partial charge in [-0.3, -0.25) is 4.57 Å². The lowest BCUT2D eigenvalue weighted by Crippen LogP contribution is -2.01. The number of aryl methyl sites for hydroxylation is 1. The molecule has 0 aliphatic rings. The highest BCUT2D eigenvalue weighted by atomic mass is 79.9. The number of nitrogens with zero attached hydrogens (tertiary/aromatic N) is 3. The lowest BCUT2D eigenvalue weighted by molar-refractivity contribution is 0.963. The summed E-state index contributed by atoms with van der Waals surface area (Å²) < 4.78 is 3.03. The van der Waals surface area contributed by atoms with Gasteiger partial charge in [-0.2, -0.15) is 0 Å². The highest BCUT2D eigenvalue weighted by Gasteiger charge is 2.15. The summed E-state index contributed by atoms with van der Waals surface area (Å²) in [6.45, 7) is 2.06. The van der Waals surface area contributed by atoms with Gasteiger partial charge in [0, 0.05) is 10.7 Å². The first-order valence-corrected chi connectivity index (χ1v) is 7.19. The van der Waals surface area contributed by atoms with E-state index in [2.05, 4.69) is 38.9 Å². The summed E-state index contributed by atoms with van der Waals surface area (Å²) >= 11 is 9.65. The van der Waals surface area contributed by atoms with E-state index >= 15 is 0 Å². The minimum absolute atomic E-state index is 0.344. The Balaban J connectivity index is 2.38. The van der Waals surface area contributed by atoms with Crippen LogP contribution in [0.4, 0.5) is 0 Å². The van der Waals surface area contributed by atoms with Crippen LogP contribution in [0.5, 0.6) is 0 Å². The molecule has 0 aliphatic carbocycles. The molecular weight excluding hydrogens is 326 g/mol. The molecule has 0 radical (unpaired) electrons. The molecule has 0 saturated heterocycles. The van der Waals surface area contributed by atoms with E-state index in [1.807, 2.05) is 28.8 Å². The third kappa shape index (κ3) is 2.05. The number of alkyl halides is 1. The zero-order valence-electron chi connectivity index (χ0n) is 10.3. The summed E-state index contributed by atoms with van der Waals surface area (Å²) in [7, 11) is 0. The molecule has 96 valence electrons. The summed E-state index contributed by atoms with van der Waals surface area (Å²) in [6, 6.07) is 9.92. The Labute approximate surface area is 124 Å². The first-order valence-electron chi connectivity index (χ1n) is 5.86. The minimum atomic E-state index is 0.344. The minimum Gasteiger partial charge on any atom is -0.279 e. The second-order valence-corrected chi connectivity index (χ2v) is 5.31. The highest BCUT2D eigenvalue weighted by molar-refractivity contribution is 9.10. The second-order valence-electron chi connectivity index (χ2n) is 4.25. The van der Waals surface area contributed by atoms with Crippen molar-refractivity contribution >= 4 is 38.7 Å². The maximum absolute atomic E-state index is 6.02. The Bertz CT molecular complexity index is 752. The van der Waals surface area contributed by atoms with E-state index in [0.29, 0.717) is 5.88 Å². The molecule has 0 saturated carbocycles. The van der Waals surface area contributed by atoms with Gasteiger partial charge in [0.05, 0.1) is 11.6 Å². The third-order valence-corrected chi connectivity index (χ3v) is 4.29. The van der Waals surface area contributed by atoms with Crippen LogP contribution in [-0.2, 0) is 5.88 Å². The van der Waals surface area contributed by atoms with Crippen molar-refractivity contribution in [3.05, 3.63) is 52.4 Å². The van der Waals surface area contributed by atoms with Gasteiger partial charge < -0.3 is 0 Å². The van der Waals surface area contributed by atoms with Gasteiger partial charge in [-0.25, -0.2) is 9.97 Å². The Morgan fingerprint density at radius 2 is 2.11 bits per heavy atom. The van der Waals surface area contributed by atoms with Crippen LogP contribution in [0.1, 0.15) is 11.4 Å². The molecule has 0 unspecified atom stereocenters. The lowest BCUT2D eigenvalue weighted by Gasteiger charge is -2.11. The van der Waals surface area contributed by atoms with Crippen LogP contribution in [-0.4, -0.2) is 14.5 Å². The summed E-state index contributed by atoms with van der Waals surface area (Å²) in [5.41, 5.74) is 3.85. The zero-order chi connectivity index (χ0) is 13.4. The van der Waals surface area contributed by atoms with Crippen LogP contribution in [0.25, 0.3) is 16.9 Å². The average molecular weight is 337 g/mol. The van der Waals surface area contributed by atoms with Crippen molar-refractivity contribution < 1.29 is 0 Å². The van der Waals surface area contributed by atoms with Gasteiger partial charge in [0.25, 0.3) is 0 Å². The summed E-state index contributed by atoms with van der Waals surface area (Å²) in [6.07, 6.45) is 1.77. The number of fused-ring (bicyclic) bond motifs is 1. The van der Waals surface area contributed by atoms with Crippen LogP contribution in [0.15, 0.2) is 41.0 Å². The molecule has 0 atom stereocenters. The molecule has 2 aromatic heterocycles. The van der Waals surface area contributed by atoms with Crippen LogP contribution in [0.2, 0.25) is 0 Å². The summed E-state index contributed by atoms with van der Waals surface area (Å²) in [4.78, 5) is 8.94. The topological polar surface area (TPSA) is 30.7 Å². The van der Waals surface area contributed by atoms with E-state index in [0.717, 1.165) is 32.7 Å². The number of imidazole rings is 1. The second kappa shape index (κ2) is 4.94. The zero-order valence-corrected chi connectivity index (χ0v) is 12.6. The smallest absolute Gasteiger partial charge is 0.164 e. The standard InChI is InChI=1S/C14H11BrClN3/c1-9-4-2-6-11(13(9)15)19-12(8-16)18-10-5-3-7-17-14(10)19/h2-7H,8H2,1H3. The van der Waals surface area contributed by atoms with E-state index < -0.39 is 0 Å². The fraction of sp³-hybridized carbons (Fsp3) is 0.143. The summed E-state index contributed by atoms with van der Waals surface area (Å²) in [5.74, 6) is 1.14. The fourth-order valence-electron chi connectivity index (χ4n) is 2.11. The number of aromatic nitrogens is 3. The average Bonchev–Trinajstić information content (AvgIpc) is 2.80. The number of rotatable bonds is 2. The van der Waals surface area contributed by atoms with E-state index in [1.165, 1.54) is 0 Å².